The van der Waals surface area contributed by atoms with Crippen LogP contribution in [0.1, 0.15) is 31.7 Å². The van der Waals surface area contributed by atoms with Gasteiger partial charge >= 0.3 is 0 Å². The molecule has 0 aliphatic heterocycles. The van der Waals surface area contributed by atoms with Crippen molar-refractivity contribution in [2.45, 2.75) is 32.6 Å². The summed E-state index contributed by atoms with van der Waals surface area (Å²) < 4.78 is 0. The van der Waals surface area contributed by atoms with Crippen molar-refractivity contribution in [3.63, 3.8) is 0 Å². The third-order valence-electron chi connectivity index (χ3n) is 3.40. The van der Waals surface area contributed by atoms with Gasteiger partial charge in [0.05, 0.1) is 6.61 Å². The van der Waals surface area contributed by atoms with Crippen LogP contribution in [0.5, 0.6) is 0 Å². The van der Waals surface area contributed by atoms with Gasteiger partial charge in [-0.15, -0.1) is 0 Å². The number of aromatic nitrogens is 2. The Balaban J connectivity index is 2.06. The molecule has 1 fully saturated rings. The van der Waals surface area contributed by atoms with Crippen molar-refractivity contribution in [2.24, 2.45) is 5.41 Å². The van der Waals surface area contributed by atoms with Gasteiger partial charge in [-0.2, -0.15) is 0 Å². The second kappa shape index (κ2) is 4.87. The number of anilines is 2. The van der Waals surface area contributed by atoms with E-state index >= 15 is 0 Å². The van der Waals surface area contributed by atoms with E-state index in [4.69, 9.17) is 5.73 Å². The van der Waals surface area contributed by atoms with E-state index in [1.54, 1.807) is 0 Å². The number of nitrogens with two attached hydrogens (primary N) is 1. The normalized spacial score (nSPS) is 16.8. The van der Waals surface area contributed by atoms with E-state index in [0.29, 0.717) is 5.82 Å². The van der Waals surface area contributed by atoms with Crippen LogP contribution in [0, 0.1) is 5.41 Å². The summed E-state index contributed by atoms with van der Waals surface area (Å²) in [5, 5.41) is 12.6. The Morgan fingerprint density at radius 2 is 2.24 bits per heavy atom. The molecule has 1 aromatic heterocycles. The summed E-state index contributed by atoms with van der Waals surface area (Å²) in [5.74, 6) is 1.37. The highest BCUT2D eigenvalue weighted by molar-refractivity contribution is 5.55. The summed E-state index contributed by atoms with van der Waals surface area (Å²) in [6.45, 7) is 3.10. The van der Waals surface area contributed by atoms with Gasteiger partial charge in [-0.1, -0.05) is 13.3 Å². The summed E-state index contributed by atoms with van der Waals surface area (Å²) in [4.78, 5) is 8.26. The van der Waals surface area contributed by atoms with Gasteiger partial charge in [-0.05, 0) is 19.3 Å². The lowest BCUT2D eigenvalue weighted by Crippen LogP contribution is -2.20. The van der Waals surface area contributed by atoms with E-state index in [9.17, 15) is 5.11 Å². The number of nitrogens with one attached hydrogen (secondary N) is 1. The summed E-state index contributed by atoms with van der Waals surface area (Å²) >= 11 is 0. The van der Waals surface area contributed by atoms with Crippen LogP contribution in [0.3, 0.4) is 0 Å². The topological polar surface area (TPSA) is 84.1 Å². The van der Waals surface area contributed by atoms with Gasteiger partial charge in [0, 0.05) is 17.5 Å². The van der Waals surface area contributed by atoms with Crippen molar-refractivity contribution in [1.82, 2.24) is 9.97 Å². The van der Waals surface area contributed by atoms with Crippen molar-refractivity contribution in [1.29, 1.82) is 0 Å². The fourth-order valence-corrected chi connectivity index (χ4v) is 1.91. The Morgan fingerprint density at radius 1 is 1.47 bits per heavy atom. The molecule has 1 heterocycles. The molecule has 1 aliphatic carbocycles. The van der Waals surface area contributed by atoms with Gasteiger partial charge in [-0.25, -0.2) is 9.97 Å². The molecular weight excluding hydrogens is 216 g/mol. The second-order valence-electron chi connectivity index (χ2n) is 4.85. The van der Waals surface area contributed by atoms with Crippen LogP contribution < -0.4 is 11.1 Å². The van der Waals surface area contributed by atoms with E-state index in [1.807, 2.05) is 0 Å². The fraction of sp³-hybridized carbons (Fsp3) is 0.667. The smallest absolute Gasteiger partial charge is 0.134 e. The molecule has 0 bridgehead atoms. The van der Waals surface area contributed by atoms with Crippen LogP contribution >= 0.6 is 0 Å². The number of rotatable bonds is 6. The first-order valence-corrected chi connectivity index (χ1v) is 6.15. The van der Waals surface area contributed by atoms with Crippen LogP contribution in [-0.4, -0.2) is 28.2 Å². The van der Waals surface area contributed by atoms with Crippen molar-refractivity contribution in [3.8, 4) is 0 Å². The molecular formula is C12H20N4O. The largest absolute Gasteiger partial charge is 0.396 e. The first-order chi connectivity index (χ1) is 8.21. The zero-order chi connectivity index (χ0) is 12.3. The van der Waals surface area contributed by atoms with E-state index in [0.717, 1.165) is 43.6 Å². The maximum atomic E-state index is 9.26. The quantitative estimate of drug-likeness (QED) is 0.691. The van der Waals surface area contributed by atoms with E-state index in [2.05, 4.69) is 22.2 Å². The van der Waals surface area contributed by atoms with Crippen LogP contribution in [0.15, 0.2) is 6.33 Å². The highest BCUT2D eigenvalue weighted by Gasteiger charge is 2.41. The summed E-state index contributed by atoms with van der Waals surface area (Å²) in [5.41, 5.74) is 6.92. The molecule has 1 saturated carbocycles. The van der Waals surface area contributed by atoms with E-state index in [-0.39, 0.29) is 12.0 Å². The molecule has 17 heavy (non-hydrogen) atoms. The number of hydrogen-bond donors (Lipinski definition) is 3. The van der Waals surface area contributed by atoms with Gasteiger partial charge in [0.2, 0.25) is 0 Å². The van der Waals surface area contributed by atoms with Crippen LogP contribution in [0.25, 0.3) is 0 Å². The van der Waals surface area contributed by atoms with Crippen molar-refractivity contribution >= 4 is 11.6 Å². The van der Waals surface area contributed by atoms with Crippen molar-refractivity contribution in [2.75, 3.05) is 24.2 Å². The SMILES string of the molecule is CCCc1c(N)ncnc1NCC1(CO)CC1. The van der Waals surface area contributed by atoms with Gasteiger partial charge in [0.25, 0.3) is 0 Å². The van der Waals surface area contributed by atoms with Crippen LogP contribution in [0.4, 0.5) is 11.6 Å². The Bertz CT molecular complexity index is 390. The minimum Gasteiger partial charge on any atom is -0.396 e. The summed E-state index contributed by atoms with van der Waals surface area (Å²) in [6, 6.07) is 0. The minimum atomic E-state index is 0.0726. The Labute approximate surface area is 101 Å². The lowest BCUT2D eigenvalue weighted by molar-refractivity contribution is 0.219. The molecule has 4 N–H and O–H groups in total. The molecule has 0 amide bonds. The third-order valence-corrected chi connectivity index (χ3v) is 3.40. The monoisotopic (exact) mass is 236 g/mol. The second-order valence-corrected chi connectivity index (χ2v) is 4.85. The number of nitrogens with zero attached hydrogens (tertiary/aromatic N) is 2. The molecule has 5 nitrogen and oxygen atoms in total. The molecule has 0 unspecified atom stereocenters. The highest BCUT2D eigenvalue weighted by Crippen LogP contribution is 2.45. The molecule has 2 rings (SSSR count). The van der Waals surface area contributed by atoms with Gasteiger partial charge in [-0.3, -0.25) is 0 Å². The number of aliphatic hydroxyl groups is 1. The highest BCUT2D eigenvalue weighted by atomic mass is 16.3. The van der Waals surface area contributed by atoms with E-state index in [1.165, 1.54) is 6.33 Å². The summed E-state index contributed by atoms with van der Waals surface area (Å²) in [7, 11) is 0. The standard InChI is InChI=1S/C12H20N4O/c1-2-3-9-10(13)15-8-16-11(9)14-6-12(7-17)4-5-12/h8,17H,2-7H2,1H3,(H3,13,14,15,16). The average molecular weight is 236 g/mol. The zero-order valence-electron chi connectivity index (χ0n) is 10.2. The predicted molar refractivity (Wildman–Crippen MR) is 67.7 cm³/mol. The maximum absolute atomic E-state index is 9.26. The lowest BCUT2D eigenvalue weighted by Gasteiger charge is -2.16. The minimum absolute atomic E-state index is 0.0726. The molecule has 1 aromatic rings. The molecule has 94 valence electrons. The van der Waals surface area contributed by atoms with Crippen molar-refractivity contribution < 1.29 is 5.11 Å². The van der Waals surface area contributed by atoms with Gasteiger partial charge in [0.1, 0.15) is 18.0 Å². The van der Waals surface area contributed by atoms with Crippen LogP contribution in [0.2, 0.25) is 0 Å². The Kier molecular flexibility index (Phi) is 3.47. The Hall–Kier alpha value is -1.36. The molecule has 5 heteroatoms. The zero-order valence-corrected chi connectivity index (χ0v) is 10.2. The van der Waals surface area contributed by atoms with Gasteiger partial charge < -0.3 is 16.2 Å². The number of aliphatic hydroxyl groups excluding tert-OH is 1. The van der Waals surface area contributed by atoms with E-state index < -0.39 is 0 Å². The number of hydrogen-bond acceptors (Lipinski definition) is 5. The first kappa shape index (κ1) is 12.1. The number of nitrogen functional groups attached to an aromatic ring is 1. The molecule has 0 saturated heterocycles. The van der Waals surface area contributed by atoms with Crippen molar-refractivity contribution in [3.05, 3.63) is 11.9 Å². The summed E-state index contributed by atoms with van der Waals surface area (Å²) in [6.07, 6.45) is 5.54. The predicted octanol–water partition coefficient (Wildman–Crippen LogP) is 1.20. The maximum Gasteiger partial charge on any atom is 0.134 e. The lowest BCUT2D eigenvalue weighted by atomic mass is 10.1. The first-order valence-electron chi connectivity index (χ1n) is 6.15. The molecule has 0 radical (unpaired) electrons. The third kappa shape index (κ3) is 2.66. The molecule has 1 aliphatic rings. The molecule has 0 aromatic carbocycles. The molecule has 0 spiro atoms. The Morgan fingerprint density at radius 3 is 2.82 bits per heavy atom. The fourth-order valence-electron chi connectivity index (χ4n) is 1.91. The van der Waals surface area contributed by atoms with Gasteiger partial charge in [0.15, 0.2) is 0 Å². The molecule has 0 atom stereocenters. The van der Waals surface area contributed by atoms with Crippen LogP contribution in [-0.2, 0) is 6.42 Å². The average Bonchev–Trinajstić information content (AvgIpc) is 3.11.